The Bertz CT molecular complexity index is 996. The Labute approximate surface area is 188 Å². The molecular weight excluding hydrogens is 439 g/mol. The number of urea groups is 1. The minimum Gasteiger partial charge on any atom is -0.489 e. The molecule has 0 spiro atoms. The van der Waals surface area contributed by atoms with E-state index in [1.165, 1.54) is 12.1 Å². The Balaban J connectivity index is 1.92. The number of carboxylic acids is 3. The Morgan fingerprint density at radius 3 is 2.09 bits per heavy atom. The molecule has 0 heterocycles. The van der Waals surface area contributed by atoms with E-state index in [1.54, 1.807) is 36.4 Å². The fraction of sp³-hybridized carbons (Fsp3) is 0.273. The second-order valence-electron chi connectivity index (χ2n) is 7.10. The van der Waals surface area contributed by atoms with E-state index in [0.717, 1.165) is 0 Å². The number of hydrogen-bond donors (Lipinski definition) is 5. The van der Waals surface area contributed by atoms with Crippen LogP contribution in [0.25, 0.3) is 0 Å². The predicted octanol–water partition coefficient (Wildman–Crippen LogP) is 2.02. The number of amides is 2. The van der Waals surface area contributed by atoms with Crippen LogP contribution in [0.1, 0.15) is 24.0 Å². The van der Waals surface area contributed by atoms with Gasteiger partial charge in [0, 0.05) is 12.8 Å². The van der Waals surface area contributed by atoms with Gasteiger partial charge in [-0.3, -0.25) is 4.79 Å². The monoisotopic (exact) mass is 462 g/mol. The molecule has 2 atom stereocenters. The molecular formula is C22H23FN2O8. The summed E-state index contributed by atoms with van der Waals surface area (Å²) < 4.78 is 18.8. The summed E-state index contributed by atoms with van der Waals surface area (Å²) in [6, 6.07) is 8.45. The summed E-state index contributed by atoms with van der Waals surface area (Å²) in [5.41, 5.74) is 1.20. The third kappa shape index (κ3) is 8.85. The largest absolute Gasteiger partial charge is 0.489 e. The summed E-state index contributed by atoms with van der Waals surface area (Å²) in [4.78, 5) is 45.4. The number of rotatable bonds is 12. The highest BCUT2D eigenvalue weighted by molar-refractivity contribution is 5.86. The molecule has 0 radical (unpaired) electrons. The standard InChI is InChI=1S/C22H23FN2O8/c23-15-3-1-2-14(10-15)12-33-16-6-4-13(5-7-16)11-18(21(30)31)25-22(32)24-17(20(28)29)8-9-19(26)27/h1-7,10,17-18H,8-9,11-12H2,(H,26,27)(H,28,29)(H,30,31)(H2,24,25,32). The van der Waals surface area contributed by atoms with Crippen LogP contribution in [-0.2, 0) is 27.4 Å². The molecule has 33 heavy (non-hydrogen) atoms. The van der Waals surface area contributed by atoms with Crippen LogP contribution in [0.15, 0.2) is 48.5 Å². The predicted molar refractivity (Wildman–Crippen MR) is 112 cm³/mol. The summed E-state index contributed by atoms with van der Waals surface area (Å²) in [7, 11) is 0. The number of ether oxygens (including phenoxy) is 1. The number of carboxylic acid groups (broad SMARTS) is 3. The number of carbonyl (C=O) groups excluding carboxylic acids is 1. The van der Waals surface area contributed by atoms with E-state index in [2.05, 4.69) is 10.6 Å². The van der Waals surface area contributed by atoms with E-state index in [1.807, 2.05) is 0 Å². The van der Waals surface area contributed by atoms with E-state index < -0.39 is 42.4 Å². The molecule has 0 aliphatic heterocycles. The zero-order valence-corrected chi connectivity index (χ0v) is 17.4. The van der Waals surface area contributed by atoms with Gasteiger partial charge in [0.1, 0.15) is 30.3 Å². The van der Waals surface area contributed by atoms with E-state index in [-0.39, 0.29) is 25.3 Å². The number of aliphatic carboxylic acids is 3. The Kier molecular flexibility index (Phi) is 9.16. The lowest BCUT2D eigenvalue weighted by atomic mass is 10.1. The molecule has 176 valence electrons. The molecule has 0 aliphatic carbocycles. The van der Waals surface area contributed by atoms with Crippen molar-refractivity contribution in [2.75, 3.05) is 0 Å². The van der Waals surface area contributed by atoms with Gasteiger partial charge in [-0.25, -0.2) is 18.8 Å². The highest BCUT2D eigenvalue weighted by Crippen LogP contribution is 2.16. The quantitative estimate of drug-likeness (QED) is 0.320. The molecule has 2 aromatic carbocycles. The molecule has 10 nitrogen and oxygen atoms in total. The van der Waals surface area contributed by atoms with E-state index >= 15 is 0 Å². The molecule has 0 fully saturated rings. The average Bonchev–Trinajstić information content (AvgIpc) is 2.75. The van der Waals surface area contributed by atoms with Gasteiger partial charge in [-0.05, 0) is 41.8 Å². The van der Waals surface area contributed by atoms with Crippen molar-refractivity contribution in [3.05, 3.63) is 65.5 Å². The second kappa shape index (κ2) is 12.0. The molecule has 2 aromatic rings. The summed E-state index contributed by atoms with van der Waals surface area (Å²) in [5, 5.41) is 31.4. The van der Waals surface area contributed by atoms with Crippen molar-refractivity contribution in [3.63, 3.8) is 0 Å². The fourth-order valence-electron chi connectivity index (χ4n) is 2.83. The minimum absolute atomic E-state index is 0.0974. The van der Waals surface area contributed by atoms with Crippen LogP contribution in [0.4, 0.5) is 9.18 Å². The highest BCUT2D eigenvalue weighted by atomic mass is 19.1. The molecule has 0 saturated carbocycles. The topological polar surface area (TPSA) is 162 Å². The molecule has 0 saturated heterocycles. The maximum Gasteiger partial charge on any atom is 0.326 e. The summed E-state index contributed by atoms with van der Waals surface area (Å²) >= 11 is 0. The van der Waals surface area contributed by atoms with Crippen molar-refractivity contribution in [1.82, 2.24) is 10.6 Å². The van der Waals surface area contributed by atoms with Crippen LogP contribution >= 0.6 is 0 Å². The van der Waals surface area contributed by atoms with Gasteiger partial charge in [-0.2, -0.15) is 0 Å². The van der Waals surface area contributed by atoms with Crippen LogP contribution in [0.3, 0.4) is 0 Å². The maximum absolute atomic E-state index is 13.2. The van der Waals surface area contributed by atoms with Crippen molar-refractivity contribution in [1.29, 1.82) is 0 Å². The van der Waals surface area contributed by atoms with Gasteiger partial charge < -0.3 is 30.7 Å². The van der Waals surface area contributed by atoms with Crippen molar-refractivity contribution in [2.45, 2.75) is 38.0 Å². The normalized spacial score (nSPS) is 12.3. The van der Waals surface area contributed by atoms with Gasteiger partial charge in [0.25, 0.3) is 0 Å². The Morgan fingerprint density at radius 1 is 0.879 bits per heavy atom. The molecule has 0 aromatic heterocycles. The molecule has 0 bridgehead atoms. The molecule has 2 amide bonds. The summed E-state index contributed by atoms with van der Waals surface area (Å²) in [6.45, 7) is 0.142. The molecule has 2 unspecified atom stereocenters. The van der Waals surface area contributed by atoms with Gasteiger partial charge in [-0.15, -0.1) is 0 Å². The van der Waals surface area contributed by atoms with E-state index in [0.29, 0.717) is 16.9 Å². The van der Waals surface area contributed by atoms with Gasteiger partial charge in [-0.1, -0.05) is 24.3 Å². The van der Waals surface area contributed by atoms with Crippen LogP contribution in [0.2, 0.25) is 0 Å². The summed E-state index contributed by atoms with van der Waals surface area (Å²) in [5.74, 6) is -3.90. The number of nitrogens with one attached hydrogen (secondary N) is 2. The Hall–Kier alpha value is -4.15. The first-order chi connectivity index (χ1) is 15.6. The lowest BCUT2D eigenvalue weighted by molar-refractivity contribution is -0.140. The van der Waals surface area contributed by atoms with Crippen LogP contribution in [0, 0.1) is 5.82 Å². The van der Waals surface area contributed by atoms with Crippen molar-refractivity contribution >= 4 is 23.9 Å². The van der Waals surface area contributed by atoms with Crippen LogP contribution in [0.5, 0.6) is 5.75 Å². The smallest absolute Gasteiger partial charge is 0.326 e. The molecule has 2 rings (SSSR count). The van der Waals surface area contributed by atoms with E-state index in [4.69, 9.17) is 14.9 Å². The molecule has 5 N–H and O–H groups in total. The van der Waals surface area contributed by atoms with Crippen LogP contribution in [-0.4, -0.2) is 51.3 Å². The average molecular weight is 462 g/mol. The summed E-state index contributed by atoms with van der Waals surface area (Å²) in [6.07, 6.45) is -0.931. The fourth-order valence-corrected chi connectivity index (χ4v) is 2.83. The molecule has 11 heteroatoms. The minimum atomic E-state index is -1.48. The number of carbonyl (C=O) groups is 4. The first-order valence-electron chi connectivity index (χ1n) is 9.84. The van der Waals surface area contributed by atoms with Gasteiger partial charge in [0.05, 0.1) is 0 Å². The van der Waals surface area contributed by atoms with Crippen molar-refractivity contribution in [2.24, 2.45) is 0 Å². The van der Waals surface area contributed by atoms with Gasteiger partial charge >= 0.3 is 23.9 Å². The number of halogens is 1. The first kappa shape index (κ1) is 25.1. The molecule has 0 aliphatic rings. The zero-order chi connectivity index (χ0) is 24.4. The van der Waals surface area contributed by atoms with Gasteiger partial charge in [0.2, 0.25) is 0 Å². The SMILES string of the molecule is O=C(O)CCC(NC(=O)NC(Cc1ccc(OCc2cccc(F)c2)cc1)C(=O)O)C(=O)O. The van der Waals surface area contributed by atoms with Crippen molar-refractivity contribution in [3.8, 4) is 5.75 Å². The third-order valence-electron chi connectivity index (χ3n) is 4.51. The lowest BCUT2D eigenvalue weighted by Gasteiger charge is -2.18. The second-order valence-corrected chi connectivity index (χ2v) is 7.10. The van der Waals surface area contributed by atoms with E-state index in [9.17, 15) is 28.7 Å². The van der Waals surface area contributed by atoms with Gasteiger partial charge in [0.15, 0.2) is 0 Å². The third-order valence-corrected chi connectivity index (χ3v) is 4.51. The first-order valence-corrected chi connectivity index (χ1v) is 9.84. The number of hydrogen-bond acceptors (Lipinski definition) is 5. The lowest BCUT2D eigenvalue weighted by Crippen LogP contribution is -2.51. The zero-order valence-electron chi connectivity index (χ0n) is 17.4. The van der Waals surface area contributed by atoms with Crippen LogP contribution < -0.4 is 15.4 Å². The Morgan fingerprint density at radius 2 is 1.52 bits per heavy atom. The highest BCUT2D eigenvalue weighted by Gasteiger charge is 2.25. The van der Waals surface area contributed by atoms with Crippen molar-refractivity contribution < 1.29 is 43.6 Å². The number of benzene rings is 2. The maximum atomic E-state index is 13.2.